The number of anilines is 4. The fourth-order valence-corrected chi connectivity index (χ4v) is 11.5. The summed E-state index contributed by atoms with van der Waals surface area (Å²) in [5.74, 6) is 0.829. The fraction of sp³-hybridized carbons (Fsp3) is 0.138. The van der Waals surface area contributed by atoms with Crippen molar-refractivity contribution in [3.63, 3.8) is 0 Å². The zero-order valence-electron chi connectivity index (χ0n) is 33.9. The van der Waals surface area contributed by atoms with E-state index in [0.717, 1.165) is 31.4 Å². The number of hydrogen-bond donors (Lipinski definition) is 0. The first-order chi connectivity index (χ1) is 29.7. The highest BCUT2D eigenvalue weighted by Crippen LogP contribution is 2.67. The van der Waals surface area contributed by atoms with E-state index in [2.05, 4.69) is 217 Å². The molecule has 3 atom stereocenters. The molecule has 6 aromatic carbocycles. The van der Waals surface area contributed by atoms with E-state index < -0.39 is 5.41 Å². The second-order valence-corrected chi connectivity index (χ2v) is 17.1. The van der Waals surface area contributed by atoms with Crippen LogP contribution < -0.4 is 9.80 Å². The molecule has 1 spiro atoms. The Morgan fingerprint density at radius 2 is 1.27 bits per heavy atom. The zero-order valence-corrected chi connectivity index (χ0v) is 33.9. The van der Waals surface area contributed by atoms with E-state index in [1.54, 1.807) is 11.1 Å². The summed E-state index contributed by atoms with van der Waals surface area (Å²) in [4.78, 5) is 5.10. The molecule has 0 saturated heterocycles. The average molecular weight is 771 g/mol. The molecule has 2 nitrogen and oxygen atoms in total. The molecule has 12 rings (SSSR count). The molecule has 6 aliphatic rings. The van der Waals surface area contributed by atoms with Crippen LogP contribution in [0.3, 0.4) is 0 Å². The molecule has 0 amide bonds. The first-order valence-corrected chi connectivity index (χ1v) is 21.7. The Labute approximate surface area is 353 Å². The summed E-state index contributed by atoms with van der Waals surface area (Å²) >= 11 is 0. The van der Waals surface area contributed by atoms with Crippen molar-refractivity contribution in [1.82, 2.24) is 0 Å². The van der Waals surface area contributed by atoms with Gasteiger partial charge >= 0.3 is 0 Å². The van der Waals surface area contributed by atoms with Crippen molar-refractivity contribution in [2.45, 2.75) is 38.0 Å². The molecular formula is C58H46N2. The quantitative estimate of drug-likeness (QED) is 0.166. The van der Waals surface area contributed by atoms with Gasteiger partial charge in [-0.1, -0.05) is 159 Å². The molecule has 0 heterocycles. The number of para-hydroxylation sites is 2. The van der Waals surface area contributed by atoms with E-state index in [0.29, 0.717) is 11.8 Å². The zero-order chi connectivity index (χ0) is 39.8. The van der Waals surface area contributed by atoms with Crippen LogP contribution >= 0.6 is 0 Å². The fourth-order valence-electron chi connectivity index (χ4n) is 11.5. The second-order valence-electron chi connectivity index (χ2n) is 17.1. The maximum absolute atomic E-state index is 2.64. The minimum absolute atomic E-state index is 0.388. The molecule has 60 heavy (non-hydrogen) atoms. The van der Waals surface area contributed by atoms with E-state index in [1.165, 1.54) is 78.2 Å². The Bertz CT molecular complexity index is 3000. The Kier molecular flexibility index (Phi) is 8.10. The lowest BCUT2D eigenvalue weighted by Crippen LogP contribution is -2.31. The van der Waals surface area contributed by atoms with Crippen molar-refractivity contribution in [3.8, 4) is 11.1 Å². The predicted octanol–water partition coefficient (Wildman–Crippen LogP) is 14.9. The van der Waals surface area contributed by atoms with Gasteiger partial charge in [0, 0.05) is 39.6 Å². The third-order valence-electron chi connectivity index (χ3n) is 13.9. The molecule has 0 bridgehead atoms. The van der Waals surface area contributed by atoms with Gasteiger partial charge < -0.3 is 9.80 Å². The SMILES string of the molecule is CC1CC=CC2=C1C1=C(C=C(N(C3=C4C=CC=CC4CC=C3)c3ccccc3)CC1)C21c2ccccc2-c2c(N(c3ccccc3)c3cccc4ccccc34)cccc21. The number of nitrogens with zero attached hydrogens (tertiary/aromatic N) is 2. The van der Waals surface area contributed by atoms with Crippen LogP contribution in [0.15, 0.2) is 240 Å². The van der Waals surface area contributed by atoms with E-state index >= 15 is 0 Å². The van der Waals surface area contributed by atoms with Gasteiger partial charge in [0.25, 0.3) is 0 Å². The monoisotopic (exact) mass is 770 g/mol. The van der Waals surface area contributed by atoms with E-state index in [4.69, 9.17) is 0 Å². The van der Waals surface area contributed by atoms with Crippen LogP contribution in [0.25, 0.3) is 21.9 Å². The smallest absolute Gasteiger partial charge is 0.0720 e. The van der Waals surface area contributed by atoms with E-state index in [-0.39, 0.29) is 0 Å². The molecule has 6 aromatic rings. The topological polar surface area (TPSA) is 6.48 Å². The van der Waals surface area contributed by atoms with E-state index in [9.17, 15) is 0 Å². The number of rotatable bonds is 6. The molecule has 3 unspecified atom stereocenters. The molecule has 6 aliphatic carbocycles. The van der Waals surface area contributed by atoms with Crippen molar-refractivity contribution in [1.29, 1.82) is 0 Å². The molecule has 0 fully saturated rings. The summed E-state index contributed by atoms with van der Waals surface area (Å²) in [7, 11) is 0. The van der Waals surface area contributed by atoms with Crippen LogP contribution in [0.5, 0.6) is 0 Å². The number of fused-ring (bicyclic) bond motifs is 10. The van der Waals surface area contributed by atoms with Crippen LogP contribution in [-0.2, 0) is 5.41 Å². The molecule has 0 saturated carbocycles. The highest BCUT2D eigenvalue weighted by Gasteiger charge is 2.55. The largest absolute Gasteiger partial charge is 0.314 e. The Morgan fingerprint density at radius 3 is 2.13 bits per heavy atom. The van der Waals surface area contributed by atoms with Gasteiger partial charge in [-0.25, -0.2) is 0 Å². The van der Waals surface area contributed by atoms with Crippen LogP contribution in [0.2, 0.25) is 0 Å². The third-order valence-corrected chi connectivity index (χ3v) is 13.9. The van der Waals surface area contributed by atoms with Crippen molar-refractivity contribution in [3.05, 3.63) is 251 Å². The van der Waals surface area contributed by atoms with Gasteiger partial charge in [0.15, 0.2) is 0 Å². The van der Waals surface area contributed by atoms with Crippen LogP contribution in [0.1, 0.15) is 43.7 Å². The van der Waals surface area contributed by atoms with Crippen molar-refractivity contribution in [2.75, 3.05) is 9.80 Å². The summed E-state index contributed by atoms with van der Waals surface area (Å²) in [5.41, 5.74) is 19.8. The number of allylic oxidation sites excluding steroid dienone is 15. The Morgan fingerprint density at radius 1 is 0.567 bits per heavy atom. The second kappa shape index (κ2) is 13.9. The van der Waals surface area contributed by atoms with Gasteiger partial charge in [-0.3, -0.25) is 0 Å². The average Bonchev–Trinajstić information content (AvgIpc) is 3.78. The Hall–Kier alpha value is -6.90. The van der Waals surface area contributed by atoms with Gasteiger partial charge in [-0.2, -0.15) is 0 Å². The Balaban J connectivity index is 1.13. The van der Waals surface area contributed by atoms with Gasteiger partial charge in [-0.15, -0.1) is 0 Å². The lowest BCUT2D eigenvalue weighted by atomic mass is 9.67. The number of hydrogen-bond acceptors (Lipinski definition) is 2. The van der Waals surface area contributed by atoms with Crippen LogP contribution in [0, 0.1) is 11.8 Å². The van der Waals surface area contributed by atoms with Gasteiger partial charge in [0.05, 0.1) is 16.8 Å². The molecule has 288 valence electrons. The highest BCUT2D eigenvalue weighted by atomic mass is 15.2. The molecular weight excluding hydrogens is 725 g/mol. The van der Waals surface area contributed by atoms with Crippen LogP contribution in [-0.4, -0.2) is 0 Å². The van der Waals surface area contributed by atoms with E-state index in [1.807, 2.05) is 0 Å². The maximum atomic E-state index is 2.64. The maximum Gasteiger partial charge on any atom is 0.0720 e. The van der Waals surface area contributed by atoms with Crippen LogP contribution in [0.4, 0.5) is 22.7 Å². The van der Waals surface area contributed by atoms with Gasteiger partial charge in [-0.05, 0) is 130 Å². The van der Waals surface area contributed by atoms with Crippen molar-refractivity contribution < 1.29 is 0 Å². The minimum Gasteiger partial charge on any atom is -0.314 e. The van der Waals surface area contributed by atoms with Gasteiger partial charge in [0.2, 0.25) is 0 Å². The van der Waals surface area contributed by atoms with Crippen molar-refractivity contribution in [2.24, 2.45) is 11.8 Å². The summed E-state index contributed by atoms with van der Waals surface area (Å²) in [6.45, 7) is 2.45. The molecule has 2 heteroatoms. The first-order valence-electron chi connectivity index (χ1n) is 21.7. The standard InChI is InChI=1S/C58H46N2/c1-39-18-14-31-50-56(39)48-37-36-44(59(42-23-4-2-5-24-42)53-33-15-21-40-19-8-10-27-45(40)53)38-52(48)58(50)49-30-13-12-29-47(49)57-51(58)32-17-35-55(57)60(43-25-6-3-7-26-43)54-34-16-22-41-20-9-11-28-46(41)54/h2-17,19-20,22-35,38-40H,18,21,36-37H2,1H3. The summed E-state index contributed by atoms with van der Waals surface area (Å²) in [6, 6.07) is 54.0. The molecule has 0 radical (unpaired) electrons. The predicted molar refractivity (Wildman–Crippen MR) is 251 cm³/mol. The summed E-state index contributed by atoms with van der Waals surface area (Å²) in [6.07, 6.45) is 25.6. The minimum atomic E-state index is -0.455. The highest BCUT2D eigenvalue weighted by molar-refractivity contribution is 6.04. The normalized spacial score (nSPS) is 21.9. The lowest BCUT2D eigenvalue weighted by molar-refractivity contribution is 0.668. The molecule has 0 aromatic heterocycles. The van der Waals surface area contributed by atoms with Crippen molar-refractivity contribution >= 4 is 33.5 Å². The summed E-state index contributed by atoms with van der Waals surface area (Å²) in [5, 5.41) is 2.47. The summed E-state index contributed by atoms with van der Waals surface area (Å²) < 4.78 is 0. The third kappa shape index (κ3) is 5.07. The molecule has 0 aliphatic heterocycles. The first kappa shape index (κ1) is 35.1. The van der Waals surface area contributed by atoms with Gasteiger partial charge in [0.1, 0.15) is 0 Å². The molecule has 0 N–H and O–H groups in total. The number of benzene rings is 6. The lowest BCUT2D eigenvalue weighted by Gasteiger charge is -2.38.